The number of benzene rings is 2. The molecule has 0 aromatic heterocycles. The van der Waals surface area contributed by atoms with Gasteiger partial charge in [-0.25, -0.2) is 0 Å². The topological polar surface area (TPSA) is 26.7 Å². The average molecular weight is 312 g/mol. The van der Waals surface area contributed by atoms with E-state index in [1.807, 2.05) is 32.3 Å². The summed E-state index contributed by atoms with van der Waals surface area (Å²) in [5.74, 6) is 0. The van der Waals surface area contributed by atoms with Crippen LogP contribution >= 0.6 is 0 Å². The van der Waals surface area contributed by atoms with Gasteiger partial charge in [-0.2, -0.15) is 0 Å². The molecule has 0 saturated carbocycles. The third-order valence-electron chi connectivity index (χ3n) is 4.21. The Labute approximate surface area is 140 Å². The second kappa shape index (κ2) is 8.70. The number of anilines is 1. The zero-order chi connectivity index (χ0) is 16.7. The van der Waals surface area contributed by atoms with Crippen molar-refractivity contribution in [1.29, 1.82) is 0 Å². The second-order valence-electron chi connectivity index (χ2n) is 6.14. The molecule has 0 aliphatic heterocycles. The average Bonchev–Trinajstić information content (AvgIpc) is 2.59. The molecule has 2 aromatic carbocycles. The molecule has 1 N–H and O–H groups in total. The van der Waals surface area contributed by atoms with Crippen LogP contribution in [0.15, 0.2) is 54.6 Å². The first-order valence-electron chi connectivity index (χ1n) is 8.31. The van der Waals surface area contributed by atoms with E-state index < -0.39 is 6.10 Å². The van der Waals surface area contributed by atoms with Crippen molar-refractivity contribution in [3.8, 4) is 0 Å². The minimum absolute atomic E-state index is 0.406. The van der Waals surface area contributed by atoms with Crippen molar-refractivity contribution in [2.75, 3.05) is 32.1 Å². The molecule has 0 fully saturated rings. The Kier molecular flexibility index (Phi) is 6.63. The number of hydrogen-bond donors (Lipinski definition) is 1. The summed E-state index contributed by atoms with van der Waals surface area (Å²) in [6.45, 7) is 4.98. The van der Waals surface area contributed by atoms with E-state index in [2.05, 4.69) is 53.1 Å². The van der Waals surface area contributed by atoms with Crippen molar-refractivity contribution >= 4 is 5.69 Å². The zero-order valence-electron chi connectivity index (χ0n) is 14.4. The highest BCUT2D eigenvalue weighted by molar-refractivity contribution is 5.46. The molecule has 1 unspecified atom stereocenters. The Hall–Kier alpha value is -1.84. The van der Waals surface area contributed by atoms with Gasteiger partial charge in [0.05, 0.1) is 6.10 Å². The monoisotopic (exact) mass is 312 g/mol. The molecule has 0 spiro atoms. The van der Waals surface area contributed by atoms with Crippen LogP contribution in [0.25, 0.3) is 0 Å². The maximum absolute atomic E-state index is 10.4. The summed E-state index contributed by atoms with van der Waals surface area (Å²) in [5, 5.41) is 10.4. The van der Waals surface area contributed by atoms with Gasteiger partial charge in [0, 0.05) is 32.9 Å². The van der Waals surface area contributed by atoms with Crippen molar-refractivity contribution in [2.24, 2.45) is 0 Å². The summed E-state index contributed by atoms with van der Waals surface area (Å²) in [4.78, 5) is 4.43. The minimum Gasteiger partial charge on any atom is -0.388 e. The van der Waals surface area contributed by atoms with E-state index in [1.165, 1.54) is 5.56 Å². The molecule has 0 radical (unpaired) electrons. The Morgan fingerprint density at radius 1 is 0.957 bits per heavy atom. The molecule has 2 rings (SSSR count). The highest BCUT2D eigenvalue weighted by atomic mass is 16.3. The molecule has 0 amide bonds. The van der Waals surface area contributed by atoms with Gasteiger partial charge in [0.15, 0.2) is 0 Å². The van der Waals surface area contributed by atoms with Gasteiger partial charge < -0.3 is 10.0 Å². The van der Waals surface area contributed by atoms with E-state index >= 15 is 0 Å². The fourth-order valence-corrected chi connectivity index (χ4v) is 2.66. The number of aliphatic hydroxyl groups is 1. The lowest BCUT2D eigenvalue weighted by Crippen LogP contribution is -2.25. The van der Waals surface area contributed by atoms with Gasteiger partial charge in [-0.1, -0.05) is 49.4 Å². The van der Waals surface area contributed by atoms with E-state index in [-0.39, 0.29) is 0 Å². The molecule has 1 atom stereocenters. The molecule has 0 heterocycles. The zero-order valence-corrected chi connectivity index (χ0v) is 14.4. The Bertz CT molecular complexity index is 566. The first-order chi connectivity index (χ1) is 11.1. The Morgan fingerprint density at radius 3 is 2.17 bits per heavy atom. The lowest BCUT2D eigenvalue weighted by molar-refractivity contribution is 0.141. The summed E-state index contributed by atoms with van der Waals surface area (Å²) in [7, 11) is 4.04. The lowest BCUT2D eigenvalue weighted by Gasteiger charge is -2.22. The summed E-state index contributed by atoms with van der Waals surface area (Å²) in [6.07, 6.45) is 0.346. The fraction of sp³-hybridized carbons (Fsp3) is 0.400. The molecule has 124 valence electrons. The van der Waals surface area contributed by atoms with Gasteiger partial charge in [0.2, 0.25) is 0 Å². The third-order valence-corrected chi connectivity index (χ3v) is 4.21. The van der Waals surface area contributed by atoms with E-state index in [0.29, 0.717) is 0 Å². The molecule has 0 aliphatic carbocycles. The minimum atomic E-state index is -0.406. The van der Waals surface area contributed by atoms with Crippen LogP contribution in [0.3, 0.4) is 0 Å². The van der Waals surface area contributed by atoms with Crippen LogP contribution in [0.2, 0.25) is 0 Å². The highest BCUT2D eigenvalue weighted by Crippen LogP contribution is 2.21. The smallest absolute Gasteiger partial charge is 0.0802 e. The number of aliphatic hydroxyl groups excluding tert-OH is 1. The predicted molar refractivity (Wildman–Crippen MR) is 97.7 cm³/mol. The highest BCUT2D eigenvalue weighted by Gasteiger charge is 2.11. The molecular formula is C20H28N2O. The fourth-order valence-electron chi connectivity index (χ4n) is 2.66. The molecule has 0 bridgehead atoms. The second-order valence-corrected chi connectivity index (χ2v) is 6.14. The molecule has 23 heavy (non-hydrogen) atoms. The van der Waals surface area contributed by atoms with E-state index in [9.17, 15) is 5.11 Å². The molecule has 3 heteroatoms. The summed E-state index contributed by atoms with van der Waals surface area (Å²) < 4.78 is 0. The van der Waals surface area contributed by atoms with Crippen molar-refractivity contribution in [3.63, 3.8) is 0 Å². The molecule has 3 nitrogen and oxygen atoms in total. The number of rotatable bonds is 8. The summed E-state index contributed by atoms with van der Waals surface area (Å²) >= 11 is 0. The first-order valence-corrected chi connectivity index (χ1v) is 8.31. The largest absolute Gasteiger partial charge is 0.388 e. The first kappa shape index (κ1) is 17.5. The van der Waals surface area contributed by atoms with E-state index in [0.717, 1.165) is 37.3 Å². The van der Waals surface area contributed by atoms with Gasteiger partial charge in [0.25, 0.3) is 0 Å². The maximum Gasteiger partial charge on any atom is 0.0802 e. The van der Waals surface area contributed by atoms with Crippen LogP contribution in [-0.4, -0.2) is 37.2 Å². The summed E-state index contributed by atoms with van der Waals surface area (Å²) in [6, 6.07) is 18.6. The number of hydrogen-bond acceptors (Lipinski definition) is 3. The SMILES string of the molecule is CCN(CCC(O)c1ccc(N(C)C)cc1)Cc1ccccc1. The van der Waals surface area contributed by atoms with Gasteiger partial charge in [-0.3, -0.25) is 4.90 Å². The standard InChI is InChI=1S/C20H28N2O/c1-4-22(16-17-8-6-5-7-9-17)15-14-20(23)18-10-12-19(13-11-18)21(2)3/h5-13,20,23H,4,14-16H2,1-3H3. The molecule has 0 aliphatic rings. The van der Waals surface area contributed by atoms with Crippen LogP contribution in [-0.2, 0) is 6.54 Å². The van der Waals surface area contributed by atoms with Crippen molar-refractivity contribution in [2.45, 2.75) is 26.0 Å². The maximum atomic E-state index is 10.4. The van der Waals surface area contributed by atoms with E-state index in [1.54, 1.807) is 0 Å². The predicted octanol–water partition coefficient (Wildman–Crippen LogP) is 3.70. The van der Waals surface area contributed by atoms with Crippen molar-refractivity contribution in [1.82, 2.24) is 4.90 Å². The van der Waals surface area contributed by atoms with E-state index in [4.69, 9.17) is 0 Å². The van der Waals surface area contributed by atoms with Crippen molar-refractivity contribution < 1.29 is 5.11 Å². The van der Waals surface area contributed by atoms with Gasteiger partial charge in [-0.15, -0.1) is 0 Å². The van der Waals surface area contributed by atoms with Crippen LogP contribution in [0.1, 0.15) is 30.6 Å². The molecule has 2 aromatic rings. The van der Waals surface area contributed by atoms with Gasteiger partial charge in [0.1, 0.15) is 0 Å². The van der Waals surface area contributed by atoms with Crippen LogP contribution < -0.4 is 4.90 Å². The van der Waals surface area contributed by atoms with Gasteiger partial charge in [-0.05, 0) is 36.2 Å². The normalized spacial score (nSPS) is 12.4. The lowest BCUT2D eigenvalue weighted by atomic mass is 10.1. The molecular weight excluding hydrogens is 284 g/mol. The quantitative estimate of drug-likeness (QED) is 0.805. The van der Waals surface area contributed by atoms with Gasteiger partial charge >= 0.3 is 0 Å². The van der Waals surface area contributed by atoms with Crippen molar-refractivity contribution in [3.05, 3.63) is 65.7 Å². The van der Waals surface area contributed by atoms with Crippen LogP contribution in [0, 0.1) is 0 Å². The third kappa shape index (κ3) is 5.38. The summed E-state index contributed by atoms with van der Waals surface area (Å²) in [5.41, 5.74) is 3.46. The Morgan fingerprint density at radius 2 is 1.61 bits per heavy atom. The number of nitrogens with zero attached hydrogens (tertiary/aromatic N) is 2. The molecule has 0 saturated heterocycles. The van der Waals surface area contributed by atoms with Crippen LogP contribution in [0.5, 0.6) is 0 Å². The Balaban J connectivity index is 1.87. The van der Waals surface area contributed by atoms with Crippen LogP contribution in [0.4, 0.5) is 5.69 Å².